The number of fused-ring (bicyclic) bond motifs is 1. The fourth-order valence-corrected chi connectivity index (χ4v) is 3.50. The van der Waals surface area contributed by atoms with Crippen LogP contribution in [0.1, 0.15) is 84.0 Å². The second-order valence-electron chi connectivity index (χ2n) is 7.23. The zero-order valence-corrected chi connectivity index (χ0v) is 16.2. The van der Waals surface area contributed by atoms with Crippen molar-refractivity contribution >= 4 is 6.21 Å². The number of rotatable bonds is 13. The third-order valence-electron chi connectivity index (χ3n) is 5.04. The molecule has 0 N–H and O–H groups in total. The molecule has 0 atom stereocenters. The Morgan fingerprint density at radius 3 is 1.96 bits per heavy atom. The highest BCUT2D eigenvalue weighted by molar-refractivity contribution is 5.67. The third kappa shape index (κ3) is 7.90. The fraction of sp³-hybridized carbons (Fsp3) is 0.609. The molecule has 0 fully saturated rings. The minimum Gasteiger partial charge on any atom is -0.234 e. The van der Waals surface area contributed by atoms with Crippen LogP contribution in [0.2, 0.25) is 0 Å². The first-order valence-corrected chi connectivity index (χ1v) is 10.5. The van der Waals surface area contributed by atoms with E-state index in [1.54, 1.807) is 0 Å². The molecule has 2 rings (SSSR count). The Labute approximate surface area is 155 Å². The zero-order valence-electron chi connectivity index (χ0n) is 16.2. The van der Waals surface area contributed by atoms with Crippen LogP contribution in [-0.2, 0) is 0 Å². The van der Waals surface area contributed by atoms with Crippen molar-refractivity contribution in [2.45, 2.75) is 84.0 Å². The lowest BCUT2D eigenvalue weighted by Crippen LogP contribution is -2.26. The molecule has 0 spiro atoms. The SMILES string of the molecule is CCCCCCCCCCCCCC[N+]1=CC=CN2C=CC=CC=C21. The van der Waals surface area contributed by atoms with Gasteiger partial charge in [0.15, 0.2) is 0 Å². The second kappa shape index (κ2) is 12.7. The van der Waals surface area contributed by atoms with Crippen molar-refractivity contribution in [1.29, 1.82) is 0 Å². The zero-order chi connectivity index (χ0) is 17.6. The summed E-state index contributed by atoms with van der Waals surface area (Å²) in [4.78, 5) is 2.19. The van der Waals surface area contributed by atoms with Gasteiger partial charge in [-0.2, -0.15) is 0 Å². The van der Waals surface area contributed by atoms with Crippen LogP contribution in [0.15, 0.2) is 48.6 Å². The van der Waals surface area contributed by atoms with Crippen molar-refractivity contribution in [2.24, 2.45) is 0 Å². The quantitative estimate of drug-likeness (QED) is 0.273. The first kappa shape index (κ1) is 19.8. The molecular formula is C23H37N2+. The molecule has 0 unspecified atom stereocenters. The highest BCUT2D eigenvalue weighted by Gasteiger charge is 2.20. The standard InChI is InChI=1S/C23H37N2/c1-2-3-4-5-6-7-8-9-10-11-12-15-19-24-21-17-22-25-20-16-13-14-18-23(24)25/h13-14,16-18,20-22H,2-12,15,19H2,1H3/q+1. The van der Waals surface area contributed by atoms with Crippen LogP contribution < -0.4 is 0 Å². The Balaban J connectivity index is 1.49. The van der Waals surface area contributed by atoms with Gasteiger partial charge in [-0.15, -0.1) is 0 Å². The minimum absolute atomic E-state index is 1.12. The van der Waals surface area contributed by atoms with Crippen molar-refractivity contribution < 1.29 is 4.58 Å². The smallest absolute Gasteiger partial charge is 0.234 e. The van der Waals surface area contributed by atoms with Gasteiger partial charge in [-0.25, -0.2) is 9.48 Å². The number of hydrogen-bond acceptors (Lipinski definition) is 1. The van der Waals surface area contributed by atoms with E-state index < -0.39 is 0 Å². The topological polar surface area (TPSA) is 6.25 Å². The summed E-state index contributed by atoms with van der Waals surface area (Å²) in [6.45, 7) is 3.41. The predicted molar refractivity (Wildman–Crippen MR) is 110 cm³/mol. The van der Waals surface area contributed by atoms with Crippen LogP contribution in [0.25, 0.3) is 0 Å². The summed E-state index contributed by atoms with van der Waals surface area (Å²) < 4.78 is 2.37. The molecule has 2 aliphatic rings. The Morgan fingerprint density at radius 2 is 1.28 bits per heavy atom. The van der Waals surface area contributed by atoms with E-state index in [1.165, 1.54) is 82.9 Å². The maximum atomic E-state index is 2.37. The van der Waals surface area contributed by atoms with E-state index >= 15 is 0 Å². The molecule has 138 valence electrons. The lowest BCUT2D eigenvalue weighted by Gasteiger charge is -2.17. The average molecular weight is 342 g/mol. The molecule has 2 heteroatoms. The Bertz CT molecular complexity index is 508. The van der Waals surface area contributed by atoms with E-state index in [0.29, 0.717) is 0 Å². The Morgan fingerprint density at radius 1 is 0.680 bits per heavy atom. The van der Waals surface area contributed by atoms with Crippen LogP contribution in [0.5, 0.6) is 0 Å². The lowest BCUT2D eigenvalue weighted by atomic mass is 10.1. The summed E-state index contributed by atoms with van der Waals surface area (Å²) in [6.07, 6.45) is 33.9. The van der Waals surface area contributed by atoms with Crippen molar-refractivity contribution in [1.82, 2.24) is 4.90 Å². The van der Waals surface area contributed by atoms with Crippen LogP contribution in [0.4, 0.5) is 0 Å². The number of allylic oxidation sites excluding steroid dienone is 5. The molecule has 0 aromatic rings. The highest BCUT2D eigenvalue weighted by Crippen LogP contribution is 2.16. The van der Waals surface area contributed by atoms with Gasteiger partial charge in [0.05, 0.1) is 25.2 Å². The Hall–Kier alpha value is -1.57. The molecule has 0 saturated carbocycles. The van der Waals surface area contributed by atoms with E-state index in [1.807, 2.05) is 0 Å². The van der Waals surface area contributed by atoms with Crippen LogP contribution in [0, 0.1) is 0 Å². The van der Waals surface area contributed by atoms with Gasteiger partial charge in [-0.05, 0) is 18.9 Å². The van der Waals surface area contributed by atoms with Gasteiger partial charge < -0.3 is 0 Å². The number of nitrogens with zero attached hydrogens (tertiary/aromatic N) is 2. The Kier molecular flexibility index (Phi) is 10.1. The second-order valence-corrected chi connectivity index (χ2v) is 7.23. The van der Waals surface area contributed by atoms with E-state index in [4.69, 9.17) is 0 Å². The van der Waals surface area contributed by atoms with Gasteiger partial charge in [0.2, 0.25) is 0 Å². The van der Waals surface area contributed by atoms with Gasteiger partial charge in [0.1, 0.15) is 0 Å². The summed E-state index contributed by atoms with van der Waals surface area (Å²) in [5, 5.41) is 0. The molecule has 0 saturated heterocycles. The molecule has 0 aliphatic carbocycles. The van der Waals surface area contributed by atoms with Gasteiger partial charge in [0, 0.05) is 12.2 Å². The van der Waals surface area contributed by atoms with Crippen LogP contribution >= 0.6 is 0 Å². The summed E-state index contributed by atoms with van der Waals surface area (Å²) in [7, 11) is 0. The normalized spacial score (nSPS) is 15.8. The van der Waals surface area contributed by atoms with E-state index in [0.717, 1.165) is 6.54 Å². The molecule has 0 amide bonds. The maximum absolute atomic E-state index is 2.37. The monoisotopic (exact) mass is 341 g/mol. The predicted octanol–water partition coefficient (Wildman–Crippen LogP) is 6.53. The van der Waals surface area contributed by atoms with Gasteiger partial charge in [0.25, 0.3) is 5.82 Å². The molecule has 2 heterocycles. The summed E-state index contributed by atoms with van der Waals surface area (Å²) in [5.74, 6) is 1.26. The van der Waals surface area contributed by atoms with Gasteiger partial charge in [-0.3, -0.25) is 0 Å². The van der Waals surface area contributed by atoms with E-state index in [9.17, 15) is 0 Å². The molecule has 0 aromatic carbocycles. The van der Waals surface area contributed by atoms with Crippen molar-refractivity contribution in [3.63, 3.8) is 0 Å². The van der Waals surface area contributed by atoms with Gasteiger partial charge >= 0.3 is 0 Å². The maximum Gasteiger partial charge on any atom is 0.285 e. The summed E-state index contributed by atoms with van der Waals surface area (Å²) in [5.41, 5.74) is 0. The largest absolute Gasteiger partial charge is 0.285 e. The third-order valence-corrected chi connectivity index (χ3v) is 5.04. The van der Waals surface area contributed by atoms with E-state index in [-0.39, 0.29) is 0 Å². The molecule has 0 aromatic heterocycles. The number of unbranched alkanes of at least 4 members (excludes halogenated alkanes) is 11. The first-order chi connectivity index (χ1) is 12.4. The summed E-state index contributed by atoms with van der Waals surface area (Å²) in [6, 6.07) is 0. The lowest BCUT2D eigenvalue weighted by molar-refractivity contribution is -0.488. The van der Waals surface area contributed by atoms with Gasteiger partial charge in [-0.1, -0.05) is 83.3 Å². The van der Waals surface area contributed by atoms with Crippen molar-refractivity contribution in [3.8, 4) is 0 Å². The molecule has 0 bridgehead atoms. The number of hydrogen-bond donors (Lipinski definition) is 0. The molecular weight excluding hydrogens is 304 g/mol. The molecule has 25 heavy (non-hydrogen) atoms. The highest BCUT2D eigenvalue weighted by atomic mass is 15.3. The molecule has 2 nitrogen and oxygen atoms in total. The average Bonchev–Trinajstić information content (AvgIpc) is 2.88. The van der Waals surface area contributed by atoms with Crippen LogP contribution in [-0.4, -0.2) is 22.2 Å². The molecule has 0 radical (unpaired) electrons. The summed E-state index contributed by atoms with van der Waals surface area (Å²) >= 11 is 0. The van der Waals surface area contributed by atoms with E-state index in [2.05, 4.69) is 65.4 Å². The van der Waals surface area contributed by atoms with Crippen LogP contribution in [0.3, 0.4) is 0 Å². The van der Waals surface area contributed by atoms with Crippen molar-refractivity contribution in [2.75, 3.05) is 6.54 Å². The molecule has 2 aliphatic heterocycles. The fourth-order valence-electron chi connectivity index (χ4n) is 3.50. The first-order valence-electron chi connectivity index (χ1n) is 10.5. The minimum atomic E-state index is 1.12. The van der Waals surface area contributed by atoms with Crippen molar-refractivity contribution in [3.05, 3.63) is 48.6 Å².